The summed E-state index contributed by atoms with van der Waals surface area (Å²) in [5, 5.41) is 0. The Labute approximate surface area is 94.7 Å². The monoisotopic (exact) mass is 224 g/mol. The number of allylic oxidation sites excluding steroid dienone is 1. The molecule has 88 valence electrons. The van der Waals surface area contributed by atoms with E-state index >= 15 is 0 Å². The van der Waals surface area contributed by atoms with Gasteiger partial charge >= 0.3 is 5.97 Å². The van der Waals surface area contributed by atoms with E-state index in [4.69, 9.17) is 4.74 Å². The van der Waals surface area contributed by atoms with Crippen LogP contribution in [0.2, 0.25) is 0 Å². The normalized spacial score (nSPS) is 17.0. The maximum atomic E-state index is 11.5. The van der Waals surface area contributed by atoms with Gasteiger partial charge in [0.15, 0.2) is 11.6 Å². The minimum atomic E-state index is -0.572. The molecule has 1 aliphatic carbocycles. The molecule has 0 aliphatic heterocycles. The van der Waals surface area contributed by atoms with Gasteiger partial charge in [-0.2, -0.15) is 0 Å². The molecule has 4 nitrogen and oxygen atoms in total. The molecule has 0 spiro atoms. The number of Topliss-reactive ketones (excluding diaryl/α,β-unsaturated/α-hetero) is 2. The molecule has 0 bridgehead atoms. The minimum absolute atomic E-state index is 0.103. The Kier molecular flexibility index (Phi) is 3.31. The molecule has 0 amide bonds. The topological polar surface area (TPSA) is 60.4 Å². The van der Waals surface area contributed by atoms with E-state index in [0.717, 1.165) is 0 Å². The maximum absolute atomic E-state index is 11.5. The van der Waals surface area contributed by atoms with Crippen LogP contribution in [-0.2, 0) is 19.1 Å². The van der Waals surface area contributed by atoms with Gasteiger partial charge in [-0.3, -0.25) is 14.4 Å². The molecule has 0 unspecified atom stereocenters. The van der Waals surface area contributed by atoms with Crippen molar-refractivity contribution in [1.82, 2.24) is 0 Å². The standard InChI is InChI=1S/C12H16O4/c1-7-8(10(14)6-9(7)13)5-11(15)16-12(2,3)4/h5-6H2,1-4H3. The van der Waals surface area contributed by atoms with Gasteiger partial charge in [0.2, 0.25) is 0 Å². The molecule has 0 fully saturated rings. The second kappa shape index (κ2) is 4.20. The lowest BCUT2D eigenvalue weighted by Crippen LogP contribution is -2.24. The van der Waals surface area contributed by atoms with Crippen LogP contribution in [0.1, 0.15) is 40.5 Å². The molecule has 0 aromatic heterocycles. The van der Waals surface area contributed by atoms with Gasteiger partial charge in [0.05, 0.1) is 12.8 Å². The van der Waals surface area contributed by atoms with E-state index in [9.17, 15) is 14.4 Å². The number of esters is 1. The molecule has 0 saturated carbocycles. The Morgan fingerprint density at radius 1 is 1.25 bits per heavy atom. The van der Waals surface area contributed by atoms with Crippen molar-refractivity contribution in [1.29, 1.82) is 0 Å². The summed E-state index contributed by atoms with van der Waals surface area (Å²) in [4.78, 5) is 34.1. The number of ether oxygens (including phenoxy) is 1. The molecule has 0 saturated heterocycles. The molecule has 1 aliphatic rings. The van der Waals surface area contributed by atoms with E-state index in [2.05, 4.69) is 0 Å². The third-order valence-corrected chi connectivity index (χ3v) is 2.27. The van der Waals surface area contributed by atoms with Crippen LogP contribution in [0.3, 0.4) is 0 Å². The van der Waals surface area contributed by atoms with Gasteiger partial charge in [-0.05, 0) is 33.3 Å². The molecule has 0 radical (unpaired) electrons. The summed E-state index contributed by atoms with van der Waals surface area (Å²) < 4.78 is 5.09. The fourth-order valence-corrected chi connectivity index (χ4v) is 1.52. The number of ketones is 2. The van der Waals surface area contributed by atoms with Gasteiger partial charge in [-0.15, -0.1) is 0 Å². The molecule has 0 heterocycles. The van der Waals surface area contributed by atoms with Gasteiger partial charge in [0.25, 0.3) is 0 Å². The Bertz CT molecular complexity index is 382. The molecule has 1 rings (SSSR count). The van der Waals surface area contributed by atoms with Crippen molar-refractivity contribution in [3.05, 3.63) is 11.1 Å². The average molecular weight is 224 g/mol. The van der Waals surface area contributed by atoms with Crippen LogP contribution in [0.15, 0.2) is 11.1 Å². The highest BCUT2D eigenvalue weighted by Crippen LogP contribution is 2.23. The number of hydrogen-bond donors (Lipinski definition) is 0. The molecular formula is C12H16O4. The quantitative estimate of drug-likeness (QED) is 0.527. The Hall–Kier alpha value is -1.45. The second-order valence-electron chi connectivity index (χ2n) is 4.89. The molecule has 0 aromatic carbocycles. The van der Waals surface area contributed by atoms with Gasteiger partial charge < -0.3 is 4.74 Å². The number of carbonyl (C=O) groups is 3. The van der Waals surface area contributed by atoms with Gasteiger partial charge in [-0.25, -0.2) is 0 Å². The van der Waals surface area contributed by atoms with E-state index in [1.807, 2.05) is 0 Å². The van der Waals surface area contributed by atoms with Crippen molar-refractivity contribution >= 4 is 17.5 Å². The minimum Gasteiger partial charge on any atom is -0.460 e. The van der Waals surface area contributed by atoms with Gasteiger partial charge in [0.1, 0.15) is 5.60 Å². The first-order chi connectivity index (χ1) is 7.20. The Balaban J connectivity index is 2.72. The summed E-state index contributed by atoms with van der Waals surface area (Å²) in [5.41, 5.74) is 0.132. The van der Waals surface area contributed by atoms with Crippen LogP contribution in [0.25, 0.3) is 0 Å². The van der Waals surface area contributed by atoms with E-state index in [1.165, 1.54) is 0 Å². The molecule has 16 heavy (non-hydrogen) atoms. The first-order valence-corrected chi connectivity index (χ1v) is 5.18. The van der Waals surface area contributed by atoms with E-state index < -0.39 is 11.6 Å². The highest BCUT2D eigenvalue weighted by Gasteiger charge is 2.30. The molecule has 0 atom stereocenters. The summed E-state index contributed by atoms with van der Waals surface area (Å²) in [6.07, 6.45) is -0.211. The van der Waals surface area contributed by atoms with Crippen LogP contribution >= 0.6 is 0 Å². The lowest BCUT2D eigenvalue weighted by atomic mass is 10.1. The molecule has 0 aromatic rings. The Morgan fingerprint density at radius 3 is 2.19 bits per heavy atom. The highest BCUT2D eigenvalue weighted by atomic mass is 16.6. The number of rotatable bonds is 2. The van der Waals surface area contributed by atoms with E-state index in [0.29, 0.717) is 11.1 Å². The summed E-state index contributed by atoms with van der Waals surface area (Å²) in [7, 11) is 0. The van der Waals surface area contributed by atoms with Gasteiger partial charge in [-0.1, -0.05) is 0 Å². The third-order valence-electron chi connectivity index (χ3n) is 2.27. The maximum Gasteiger partial charge on any atom is 0.310 e. The lowest BCUT2D eigenvalue weighted by molar-refractivity contribution is -0.154. The van der Waals surface area contributed by atoms with E-state index in [-0.39, 0.29) is 24.4 Å². The summed E-state index contributed by atoms with van der Waals surface area (Å²) in [6.45, 7) is 6.85. The van der Waals surface area contributed by atoms with Crippen molar-refractivity contribution in [3.8, 4) is 0 Å². The van der Waals surface area contributed by atoms with Gasteiger partial charge in [0, 0.05) is 5.57 Å². The summed E-state index contributed by atoms with van der Waals surface area (Å²) in [6, 6.07) is 0. The largest absolute Gasteiger partial charge is 0.460 e. The highest BCUT2D eigenvalue weighted by molar-refractivity contribution is 6.23. The second-order valence-corrected chi connectivity index (χ2v) is 4.89. The fraction of sp³-hybridized carbons (Fsp3) is 0.583. The van der Waals surface area contributed by atoms with Crippen LogP contribution in [0, 0.1) is 0 Å². The molecule has 4 heteroatoms. The molecule has 0 N–H and O–H groups in total. The summed E-state index contributed by atoms with van der Waals surface area (Å²) in [5.74, 6) is -0.915. The zero-order chi connectivity index (χ0) is 12.5. The van der Waals surface area contributed by atoms with Crippen LogP contribution < -0.4 is 0 Å². The van der Waals surface area contributed by atoms with Crippen molar-refractivity contribution in [2.75, 3.05) is 0 Å². The smallest absolute Gasteiger partial charge is 0.310 e. The predicted octanol–water partition coefficient (Wildman–Crippen LogP) is 1.58. The van der Waals surface area contributed by atoms with Crippen LogP contribution in [0.5, 0.6) is 0 Å². The Morgan fingerprint density at radius 2 is 1.81 bits per heavy atom. The number of hydrogen-bond acceptors (Lipinski definition) is 4. The predicted molar refractivity (Wildman–Crippen MR) is 57.8 cm³/mol. The molecular weight excluding hydrogens is 208 g/mol. The zero-order valence-electron chi connectivity index (χ0n) is 10.0. The lowest BCUT2D eigenvalue weighted by Gasteiger charge is -2.19. The van der Waals surface area contributed by atoms with Crippen LogP contribution in [0.4, 0.5) is 0 Å². The third kappa shape index (κ3) is 3.02. The first-order valence-electron chi connectivity index (χ1n) is 5.18. The van der Waals surface area contributed by atoms with Crippen molar-refractivity contribution in [2.45, 2.75) is 46.1 Å². The number of carbonyl (C=O) groups excluding carboxylic acids is 3. The average Bonchev–Trinajstić information content (AvgIpc) is 2.29. The SMILES string of the molecule is CC1=C(CC(=O)OC(C)(C)C)C(=O)CC1=O. The van der Waals surface area contributed by atoms with E-state index in [1.54, 1.807) is 27.7 Å². The summed E-state index contributed by atoms with van der Waals surface area (Å²) >= 11 is 0. The van der Waals surface area contributed by atoms with Crippen LogP contribution in [-0.4, -0.2) is 23.1 Å². The fourth-order valence-electron chi connectivity index (χ4n) is 1.52. The van der Waals surface area contributed by atoms with Crippen molar-refractivity contribution in [2.24, 2.45) is 0 Å². The van der Waals surface area contributed by atoms with Crippen molar-refractivity contribution < 1.29 is 19.1 Å². The zero-order valence-corrected chi connectivity index (χ0v) is 10.0. The van der Waals surface area contributed by atoms with Crippen molar-refractivity contribution in [3.63, 3.8) is 0 Å². The first kappa shape index (κ1) is 12.6.